The smallest absolute Gasteiger partial charge is 0.261 e. The van der Waals surface area contributed by atoms with E-state index in [0.29, 0.717) is 5.69 Å². The zero-order chi connectivity index (χ0) is 18.1. The number of benzene rings is 3. The van der Waals surface area contributed by atoms with Crippen molar-refractivity contribution in [2.75, 3.05) is 4.72 Å². The number of hydrogen-bond acceptors (Lipinski definition) is 3. The SMILES string of the molecule is O=S(=O)(Nc1ccc(-n2cnc3ccccc32)cc1)c1cccc(F)c1. The van der Waals surface area contributed by atoms with E-state index in [1.165, 1.54) is 18.2 Å². The van der Waals surface area contributed by atoms with Gasteiger partial charge in [-0.2, -0.15) is 0 Å². The molecule has 0 fully saturated rings. The van der Waals surface area contributed by atoms with E-state index in [4.69, 9.17) is 0 Å². The molecule has 0 spiro atoms. The molecule has 4 rings (SSSR count). The standard InChI is InChI=1S/C19H14FN3O2S/c20-14-4-3-5-17(12-14)26(24,25)22-15-8-10-16(11-9-15)23-13-21-18-6-1-2-7-19(18)23/h1-13,22H. The van der Waals surface area contributed by atoms with Crippen LogP contribution in [0.5, 0.6) is 0 Å². The predicted molar refractivity (Wildman–Crippen MR) is 98.3 cm³/mol. The highest BCUT2D eigenvalue weighted by molar-refractivity contribution is 7.92. The van der Waals surface area contributed by atoms with Crippen molar-refractivity contribution in [2.45, 2.75) is 4.90 Å². The maximum absolute atomic E-state index is 13.3. The highest BCUT2D eigenvalue weighted by atomic mass is 32.2. The molecule has 0 unspecified atom stereocenters. The Hall–Kier alpha value is -3.19. The molecule has 3 aromatic carbocycles. The number of sulfonamides is 1. The fourth-order valence-corrected chi connectivity index (χ4v) is 3.79. The number of halogens is 1. The Morgan fingerprint density at radius 3 is 2.46 bits per heavy atom. The summed E-state index contributed by atoms with van der Waals surface area (Å²) < 4.78 is 42.3. The summed E-state index contributed by atoms with van der Waals surface area (Å²) in [5, 5.41) is 0. The van der Waals surface area contributed by atoms with Crippen LogP contribution in [0.1, 0.15) is 0 Å². The van der Waals surface area contributed by atoms with Crippen molar-refractivity contribution >= 4 is 26.7 Å². The maximum Gasteiger partial charge on any atom is 0.261 e. The Morgan fingerprint density at radius 2 is 1.69 bits per heavy atom. The molecule has 0 aliphatic heterocycles. The first-order valence-corrected chi connectivity index (χ1v) is 9.32. The first-order valence-electron chi connectivity index (χ1n) is 7.84. The number of hydrogen-bond donors (Lipinski definition) is 1. The van der Waals surface area contributed by atoms with Crippen molar-refractivity contribution in [1.29, 1.82) is 0 Å². The summed E-state index contributed by atoms with van der Waals surface area (Å²) in [6.45, 7) is 0. The molecule has 130 valence electrons. The van der Waals surface area contributed by atoms with Crippen molar-refractivity contribution in [3.63, 3.8) is 0 Å². The Labute approximate surface area is 149 Å². The zero-order valence-corrected chi connectivity index (χ0v) is 14.3. The molecule has 0 atom stereocenters. The molecule has 5 nitrogen and oxygen atoms in total. The van der Waals surface area contributed by atoms with E-state index in [1.807, 2.05) is 28.8 Å². The van der Waals surface area contributed by atoms with Crippen LogP contribution in [0.25, 0.3) is 16.7 Å². The number of rotatable bonds is 4. The number of para-hydroxylation sites is 2. The molecule has 0 aliphatic carbocycles. The lowest BCUT2D eigenvalue weighted by Crippen LogP contribution is -2.13. The van der Waals surface area contributed by atoms with Crippen molar-refractivity contribution < 1.29 is 12.8 Å². The van der Waals surface area contributed by atoms with Crippen LogP contribution in [-0.2, 0) is 10.0 Å². The highest BCUT2D eigenvalue weighted by Crippen LogP contribution is 2.21. The van der Waals surface area contributed by atoms with E-state index >= 15 is 0 Å². The molecule has 1 N–H and O–H groups in total. The number of anilines is 1. The van der Waals surface area contributed by atoms with Gasteiger partial charge in [-0.05, 0) is 54.6 Å². The van der Waals surface area contributed by atoms with Crippen molar-refractivity contribution in [1.82, 2.24) is 9.55 Å². The topological polar surface area (TPSA) is 64.0 Å². The normalized spacial score (nSPS) is 11.6. The third kappa shape index (κ3) is 3.04. The molecule has 26 heavy (non-hydrogen) atoms. The summed E-state index contributed by atoms with van der Waals surface area (Å²) in [4.78, 5) is 4.22. The maximum atomic E-state index is 13.3. The van der Waals surface area contributed by atoms with E-state index in [-0.39, 0.29) is 4.90 Å². The number of aromatic nitrogens is 2. The molecule has 0 aliphatic rings. The molecule has 1 aromatic heterocycles. The lowest BCUT2D eigenvalue weighted by Gasteiger charge is -2.10. The lowest BCUT2D eigenvalue weighted by molar-refractivity contribution is 0.595. The minimum Gasteiger partial charge on any atom is -0.299 e. The van der Waals surface area contributed by atoms with Crippen molar-refractivity contribution in [2.24, 2.45) is 0 Å². The second-order valence-electron chi connectivity index (χ2n) is 5.71. The molecule has 4 aromatic rings. The highest BCUT2D eigenvalue weighted by Gasteiger charge is 2.15. The molecule has 0 amide bonds. The largest absolute Gasteiger partial charge is 0.299 e. The first kappa shape index (κ1) is 16.3. The fraction of sp³-hybridized carbons (Fsp3) is 0. The zero-order valence-electron chi connectivity index (χ0n) is 13.5. The lowest BCUT2D eigenvalue weighted by atomic mass is 10.2. The third-order valence-corrected chi connectivity index (χ3v) is 5.34. The summed E-state index contributed by atoms with van der Waals surface area (Å²) >= 11 is 0. The summed E-state index contributed by atoms with van der Waals surface area (Å²) in [7, 11) is -3.85. The number of nitrogens with zero attached hydrogens (tertiary/aromatic N) is 2. The van der Waals surface area contributed by atoms with Gasteiger partial charge in [0, 0.05) is 11.4 Å². The molecular weight excluding hydrogens is 353 g/mol. The minimum absolute atomic E-state index is 0.123. The van der Waals surface area contributed by atoms with Crippen LogP contribution >= 0.6 is 0 Å². The van der Waals surface area contributed by atoms with E-state index < -0.39 is 15.8 Å². The van der Waals surface area contributed by atoms with Gasteiger partial charge in [0.25, 0.3) is 10.0 Å². The van der Waals surface area contributed by atoms with Crippen LogP contribution in [0.4, 0.5) is 10.1 Å². The van der Waals surface area contributed by atoms with Gasteiger partial charge in [0.05, 0.1) is 15.9 Å². The summed E-state index contributed by atoms with van der Waals surface area (Å²) in [6, 6.07) is 19.5. The first-order chi connectivity index (χ1) is 12.5. The average molecular weight is 367 g/mol. The Balaban J connectivity index is 1.62. The molecule has 0 saturated heterocycles. The number of fused-ring (bicyclic) bond motifs is 1. The number of imidazole rings is 1. The molecule has 0 bridgehead atoms. The van der Waals surface area contributed by atoms with Gasteiger partial charge in [-0.25, -0.2) is 17.8 Å². The molecular formula is C19H14FN3O2S. The van der Waals surface area contributed by atoms with Gasteiger partial charge >= 0.3 is 0 Å². The van der Waals surface area contributed by atoms with Gasteiger partial charge in [-0.3, -0.25) is 9.29 Å². The van der Waals surface area contributed by atoms with Crippen LogP contribution in [0, 0.1) is 5.82 Å². The van der Waals surface area contributed by atoms with Gasteiger partial charge in [-0.15, -0.1) is 0 Å². The number of nitrogens with one attached hydrogen (secondary N) is 1. The Morgan fingerprint density at radius 1 is 0.923 bits per heavy atom. The van der Waals surface area contributed by atoms with Crippen LogP contribution in [0.3, 0.4) is 0 Å². The van der Waals surface area contributed by atoms with E-state index in [9.17, 15) is 12.8 Å². The van der Waals surface area contributed by atoms with Crippen LogP contribution in [-0.4, -0.2) is 18.0 Å². The second kappa shape index (κ2) is 6.27. The summed E-state index contributed by atoms with van der Waals surface area (Å²) in [6.07, 6.45) is 1.72. The summed E-state index contributed by atoms with van der Waals surface area (Å²) in [5.41, 5.74) is 3.08. The third-order valence-electron chi connectivity index (χ3n) is 3.96. The van der Waals surface area contributed by atoms with E-state index in [0.717, 1.165) is 22.8 Å². The van der Waals surface area contributed by atoms with Gasteiger partial charge in [0.15, 0.2) is 0 Å². The van der Waals surface area contributed by atoms with Gasteiger partial charge < -0.3 is 0 Å². The Kier molecular flexibility index (Phi) is 3.93. The molecule has 0 saturated carbocycles. The summed E-state index contributed by atoms with van der Waals surface area (Å²) in [5.74, 6) is -0.602. The van der Waals surface area contributed by atoms with Crippen LogP contribution in [0.15, 0.2) is 84.0 Å². The van der Waals surface area contributed by atoms with Gasteiger partial charge in [-0.1, -0.05) is 18.2 Å². The molecule has 7 heteroatoms. The minimum atomic E-state index is -3.85. The van der Waals surface area contributed by atoms with Crippen molar-refractivity contribution in [3.8, 4) is 5.69 Å². The Bertz CT molecular complexity index is 1180. The predicted octanol–water partition coefficient (Wildman–Crippen LogP) is 3.97. The fourth-order valence-electron chi connectivity index (χ4n) is 2.70. The second-order valence-corrected chi connectivity index (χ2v) is 7.40. The van der Waals surface area contributed by atoms with E-state index in [2.05, 4.69) is 9.71 Å². The molecule has 0 radical (unpaired) electrons. The van der Waals surface area contributed by atoms with Gasteiger partial charge in [0.1, 0.15) is 12.1 Å². The van der Waals surface area contributed by atoms with Crippen LogP contribution < -0.4 is 4.72 Å². The molecule has 1 heterocycles. The van der Waals surface area contributed by atoms with Crippen LogP contribution in [0.2, 0.25) is 0 Å². The van der Waals surface area contributed by atoms with Gasteiger partial charge in [0.2, 0.25) is 0 Å². The monoisotopic (exact) mass is 367 g/mol. The average Bonchev–Trinajstić information content (AvgIpc) is 3.06. The quantitative estimate of drug-likeness (QED) is 0.594. The van der Waals surface area contributed by atoms with E-state index in [1.54, 1.807) is 30.6 Å². The van der Waals surface area contributed by atoms with Crippen molar-refractivity contribution in [3.05, 3.63) is 84.9 Å².